The Morgan fingerprint density at radius 1 is 1.35 bits per heavy atom. The molecule has 0 amide bonds. The van der Waals surface area contributed by atoms with Crippen LogP contribution in [0, 0.1) is 11.8 Å². The van der Waals surface area contributed by atoms with Crippen LogP contribution in [0.1, 0.15) is 13.8 Å². The van der Waals surface area contributed by atoms with Crippen molar-refractivity contribution in [1.82, 2.24) is 19.9 Å². The third-order valence-corrected chi connectivity index (χ3v) is 4.45. The zero-order chi connectivity index (χ0) is 12.3. The predicted octanol–water partition coefficient (Wildman–Crippen LogP) is 2.65. The molecule has 2 aromatic rings. The lowest BCUT2D eigenvalue weighted by atomic mass is 10.0. The first kappa shape index (κ1) is 12.7. The summed E-state index contributed by atoms with van der Waals surface area (Å²) in [6.45, 7) is 4.46. The number of hydrogen-bond acceptors (Lipinski definition) is 5. The van der Waals surface area contributed by atoms with Crippen molar-refractivity contribution in [2.45, 2.75) is 18.9 Å². The van der Waals surface area contributed by atoms with Crippen LogP contribution in [0.3, 0.4) is 0 Å². The van der Waals surface area contributed by atoms with Crippen LogP contribution in [0.2, 0.25) is 0 Å². The Morgan fingerprint density at radius 2 is 2.18 bits per heavy atom. The fraction of sp³-hybridized carbons (Fsp3) is 0.545. The highest BCUT2D eigenvalue weighted by atomic mass is 32.2. The molecule has 17 heavy (non-hydrogen) atoms. The van der Waals surface area contributed by atoms with Crippen molar-refractivity contribution in [1.29, 1.82) is 0 Å². The fourth-order valence-corrected chi connectivity index (χ4v) is 3.51. The summed E-state index contributed by atoms with van der Waals surface area (Å²) >= 11 is 6.14. The molecule has 2 heterocycles. The Hall–Kier alpha value is -0.750. The van der Waals surface area contributed by atoms with Crippen molar-refractivity contribution in [3.05, 3.63) is 12.7 Å². The summed E-state index contributed by atoms with van der Waals surface area (Å²) in [4.78, 5) is 15.6. The highest BCUT2D eigenvalue weighted by Gasteiger charge is 2.14. The summed E-state index contributed by atoms with van der Waals surface area (Å²) in [5.74, 6) is 3.16. The Labute approximate surface area is 110 Å². The molecule has 6 heteroatoms. The van der Waals surface area contributed by atoms with Gasteiger partial charge in [-0.05, 0) is 17.6 Å². The van der Waals surface area contributed by atoms with E-state index in [0.717, 1.165) is 27.7 Å². The normalized spacial score (nSPS) is 13.4. The van der Waals surface area contributed by atoms with Gasteiger partial charge in [0.15, 0.2) is 5.65 Å². The molecule has 0 fully saturated rings. The number of hydrogen-bond donors (Lipinski definition) is 2. The number of fused-ring (bicyclic) bond motifs is 1. The van der Waals surface area contributed by atoms with Gasteiger partial charge in [0.25, 0.3) is 0 Å². The molecule has 0 radical (unpaired) electrons. The van der Waals surface area contributed by atoms with Gasteiger partial charge in [-0.1, -0.05) is 13.8 Å². The van der Waals surface area contributed by atoms with Crippen molar-refractivity contribution in [2.75, 3.05) is 11.5 Å². The number of aromatic amines is 1. The van der Waals surface area contributed by atoms with Crippen LogP contribution in [-0.2, 0) is 0 Å². The predicted molar refractivity (Wildman–Crippen MR) is 74.6 cm³/mol. The van der Waals surface area contributed by atoms with Gasteiger partial charge in [0.05, 0.1) is 6.33 Å². The maximum Gasteiger partial charge on any atom is 0.181 e. The molecule has 0 aromatic carbocycles. The van der Waals surface area contributed by atoms with E-state index < -0.39 is 0 Å². The first-order chi connectivity index (χ1) is 8.22. The molecule has 0 bridgehead atoms. The number of aromatic nitrogens is 4. The quantitative estimate of drug-likeness (QED) is 0.497. The van der Waals surface area contributed by atoms with Crippen LogP contribution < -0.4 is 0 Å². The summed E-state index contributed by atoms with van der Waals surface area (Å²) in [6.07, 6.45) is 3.22. The van der Waals surface area contributed by atoms with E-state index in [4.69, 9.17) is 0 Å². The first-order valence-corrected chi connectivity index (χ1v) is 7.22. The SMILES string of the molecule is CC(C)C(CS)CSc1ncnc2nc[nH]c12. The fourth-order valence-electron chi connectivity index (χ4n) is 1.49. The molecule has 2 aromatic heterocycles. The molecule has 0 aliphatic carbocycles. The molecule has 1 unspecified atom stereocenters. The Bertz CT molecular complexity index is 483. The maximum absolute atomic E-state index is 4.40. The third-order valence-electron chi connectivity index (χ3n) is 2.80. The monoisotopic (exact) mass is 268 g/mol. The topological polar surface area (TPSA) is 54.5 Å². The van der Waals surface area contributed by atoms with Crippen LogP contribution >= 0.6 is 24.4 Å². The highest BCUT2D eigenvalue weighted by molar-refractivity contribution is 7.99. The van der Waals surface area contributed by atoms with E-state index in [2.05, 4.69) is 46.4 Å². The summed E-state index contributed by atoms with van der Waals surface area (Å²) in [6, 6.07) is 0. The van der Waals surface area contributed by atoms with Gasteiger partial charge in [0, 0.05) is 5.75 Å². The summed E-state index contributed by atoms with van der Waals surface area (Å²) < 4.78 is 0. The van der Waals surface area contributed by atoms with Gasteiger partial charge in [-0.15, -0.1) is 11.8 Å². The summed E-state index contributed by atoms with van der Waals surface area (Å²) in [5, 5.41) is 0.972. The Morgan fingerprint density at radius 3 is 2.88 bits per heavy atom. The molecular weight excluding hydrogens is 252 g/mol. The maximum atomic E-state index is 4.40. The molecule has 92 valence electrons. The smallest absolute Gasteiger partial charge is 0.181 e. The van der Waals surface area contributed by atoms with E-state index in [1.54, 1.807) is 24.4 Å². The zero-order valence-corrected chi connectivity index (χ0v) is 11.6. The van der Waals surface area contributed by atoms with Gasteiger partial charge in [-0.2, -0.15) is 12.6 Å². The van der Waals surface area contributed by atoms with Crippen molar-refractivity contribution in [2.24, 2.45) is 11.8 Å². The first-order valence-electron chi connectivity index (χ1n) is 5.60. The zero-order valence-electron chi connectivity index (χ0n) is 9.92. The van der Waals surface area contributed by atoms with Gasteiger partial charge >= 0.3 is 0 Å². The van der Waals surface area contributed by atoms with Crippen LogP contribution in [0.5, 0.6) is 0 Å². The minimum atomic E-state index is 0.594. The molecular formula is C11H16N4S2. The second kappa shape index (κ2) is 5.73. The van der Waals surface area contributed by atoms with E-state index >= 15 is 0 Å². The largest absolute Gasteiger partial charge is 0.341 e. The van der Waals surface area contributed by atoms with E-state index in [-0.39, 0.29) is 0 Å². The lowest BCUT2D eigenvalue weighted by molar-refractivity contribution is 0.473. The number of H-pyrrole nitrogens is 1. The number of thiol groups is 1. The van der Waals surface area contributed by atoms with E-state index in [9.17, 15) is 0 Å². The second-order valence-electron chi connectivity index (χ2n) is 4.28. The molecule has 0 saturated carbocycles. The lowest BCUT2D eigenvalue weighted by Gasteiger charge is -2.17. The lowest BCUT2D eigenvalue weighted by Crippen LogP contribution is -2.13. The Kier molecular flexibility index (Phi) is 4.28. The third kappa shape index (κ3) is 2.93. The number of nitrogens with zero attached hydrogens (tertiary/aromatic N) is 3. The van der Waals surface area contributed by atoms with E-state index in [0.29, 0.717) is 11.8 Å². The number of thioether (sulfide) groups is 1. The second-order valence-corrected chi connectivity index (χ2v) is 5.65. The van der Waals surface area contributed by atoms with Crippen molar-refractivity contribution >= 4 is 35.6 Å². The van der Waals surface area contributed by atoms with Gasteiger partial charge < -0.3 is 4.98 Å². The summed E-state index contributed by atoms with van der Waals surface area (Å²) in [5.41, 5.74) is 1.66. The van der Waals surface area contributed by atoms with Crippen LogP contribution in [0.25, 0.3) is 11.2 Å². The molecule has 4 nitrogen and oxygen atoms in total. The highest BCUT2D eigenvalue weighted by Crippen LogP contribution is 2.26. The van der Waals surface area contributed by atoms with Crippen molar-refractivity contribution in [3.63, 3.8) is 0 Å². The van der Waals surface area contributed by atoms with Gasteiger partial charge in [-0.25, -0.2) is 15.0 Å². The van der Waals surface area contributed by atoms with Crippen LogP contribution in [-0.4, -0.2) is 31.4 Å². The number of imidazole rings is 1. The minimum Gasteiger partial charge on any atom is -0.341 e. The van der Waals surface area contributed by atoms with Crippen molar-refractivity contribution in [3.8, 4) is 0 Å². The Balaban J connectivity index is 2.10. The number of nitrogens with one attached hydrogen (secondary N) is 1. The molecule has 0 spiro atoms. The van der Waals surface area contributed by atoms with E-state index in [1.807, 2.05) is 0 Å². The van der Waals surface area contributed by atoms with Gasteiger partial charge in [0.1, 0.15) is 16.9 Å². The van der Waals surface area contributed by atoms with Crippen LogP contribution in [0.4, 0.5) is 0 Å². The molecule has 0 aliphatic rings. The molecule has 1 atom stereocenters. The minimum absolute atomic E-state index is 0.594. The van der Waals surface area contributed by atoms with Crippen molar-refractivity contribution < 1.29 is 0 Å². The van der Waals surface area contributed by atoms with Gasteiger partial charge in [-0.3, -0.25) is 0 Å². The van der Waals surface area contributed by atoms with Gasteiger partial charge in [0.2, 0.25) is 0 Å². The average Bonchev–Trinajstić information content (AvgIpc) is 2.78. The van der Waals surface area contributed by atoms with E-state index in [1.165, 1.54) is 0 Å². The average molecular weight is 268 g/mol. The number of rotatable bonds is 5. The molecule has 2 rings (SSSR count). The molecule has 0 aliphatic heterocycles. The molecule has 0 saturated heterocycles. The standard InChI is InChI=1S/C11H16N4S2/c1-7(2)8(3-16)4-17-11-9-10(13-5-12-9)14-6-15-11/h5-8,16H,3-4H2,1-2H3,(H,12,13,14,15). The summed E-state index contributed by atoms with van der Waals surface area (Å²) in [7, 11) is 0. The van der Waals surface area contributed by atoms with Crippen LogP contribution in [0.15, 0.2) is 17.7 Å². The molecule has 1 N–H and O–H groups in total.